The highest BCUT2D eigenvalue weighted by Gasteiger charge is 2.11. The molecule has 0 bridgehead atoms. The minimum absolute atomic E-state index is 0.0137. The van der Waals surface area contributed by atoms with Gasteiger partial charge in [-0.25, -0.2) is 9.18 Å². The highest BCUT2D eigenvalue weighted by atomic mass is 79.9. The molecule has 0 spiro atoms. The van der Waals surface area contributed by atoms with Crippen LogP contribution in [0.2, 0.25) is 0 Å². The third-order valence-corrected chi connectivity index (χ3v) is 1.42. The summed E-state index contributed by atoms with van der Waals surface area (Å²) >= 11 is 2.98. The number of aliphatic imine (C=N–C) groups is 1. The van der Waals surface area contributed by atoms with E-state index in [-0.39, 0.29) is 5.76 Å². The topological polar surface area (TPSA) is 42.6 Å². The summed E-state index contributed by atoms with van der Waals surface area (Å²) in [4.78, 5) is 12.4. The van der Waals surface area contributed by atoms with E-state index in [1.807, 2.05) is 0 Å². The Morgan fingerprint density at radius 3 is 2.91 bits per heavy atom. The molecule has 11 heavy (non-hydrogen) atoms. The van der Waals surface area contributed by atoms with E-state index in [1.165, 1.54) is 12.1 Å². The average Bonchev–Trinajstić information content (AvgIpc) is 2.36. The smallest absolute Gasteiger partial charge is 0.258 e. The van der Waals surface area contributed by atoms with Crippen molar-refractivity contribution in [3.63, 3.8) is 0 Å². The summed E-state index contributed by atoms with van der Waals surface area (Å²) in [6, 6.07) is 2.90. The largest absolute Gasteiger partial charge is 0.449 e. The minimum Gasteiger partial charge on any atom is -0.449 e. The Morgan fingerprint density at radius 1 is 1.73 bits per heavy atom. The molecule has 0 aliphatic heterocycles. The molecule has 1 rings (SSSR count). The lowest BCUT2D eigenvalue weighted by atomic mass is 10.4. The summed E-state index contributed by atoms with van der Waals surface area (Å²) in [7, 11) is 0. The van der Waals surface area contributed by atoms with E-state index >= 15 is 0 Å². The maximum atomic E-state index is 12.6. The van der Waals surface area contributed by atoms with Gasteiger partial charge in [-0.1, -0.05) is 0 Å². The van der Waals surface area contributed by atoms with Crippen molar-refractivity contribution in [2.24, 2.45) is 4.99 Å². The summed E-state index contributed by atoms with van der Waals surface area (Å²) < 4.78 is 17.8. The first kappa shape index (κ1) is 8.17. The van der Waals surface area contributed by atoms with Gasteiger partial charge in [0.1, 0.15) is 0 Å². The van der Waals surface area contributed by atoms with Gasteiger partial charge in [-0.15, -0.1) is 0 Å². The van der Waals surface area contributed by atoms with Crippen LogP contribution in [0, 0.1) is 0 Å². The quantitative estimate of drug-likeness (QED) is 0.436. The molecule has 58 valence electrons. The van der Waals surface area contributed by atoms with Crippen molar-refractivity contribution >= 4 is 22.0 Å². The molecular weight excluding hydrogens is 217 g/mol. The normalized spacial score (nSPS) is 12.2. The van der Waals surface area contributed by atoms with Gasteiger partial charge in [0.05, 0.1) is 0 Å². The van der Waals surface area contributed by atoms with E-state index in [9.17, 15) is 9.18 Å². The predicted molar refractivity (Wildman–Crippen MR) is 38.4 cm³/mol. The second kappa shape index (κ2) is 3.46. The van der Waals surface area contributed by atoms with Crippen LogP contribution in [0.25, 0.3) is 0 Å². The van der Waals surface area contributed by atoms with Gasteiger partial charge >= 0.3 is 0 Å². The molecule has 0 saturated carbocycles. The molecule has 3 nitrogen and oxygen atoms in total. The van der Waals surface area contributed by atoms with Gasteiger partial charge in [0.2, 0.25) is 6.08 Å². The zero-order valence-corrected chi connectivity index (χ0v) is 6.84. The average molecular weight is 220 g/mol. The van der Waals surface area contributed by atoms with Crippen LogP contribution in [0.5, 0.6) is 0 Å². The first-order valence-corrected chi connectivity index (χ1v) is 3.49. The molecule has 0 radical (unpaired) electrons. The Balaban J connectivity index is 2.84. The molecule has 5 heteroatoms. The van der Waals surface area contributed by atoms with Crippen LogP contribution < -0.4 is 0 Å². The highest BCUT2D eigenvalue weighted by Crippen LogP contribution is 2.23. The van der Waals surface area contributed by atoms with Crippen molar-refractivity contribution < 1.29 is 13.6 Å². The van der Waals surface area contributed by atoms with Crippen LogP contribution in [0.4, 0.5) is 4.39 Å². The van der Waals surface area contributed by atoms with Gasteiger partial charge in [-0.3, -0.25) is 0 Å². The molecule has 1 unspecified atom stereocenters. The van der Waals surface area contributed by atoms with E-state index in [0.717, 1.165) is 6.08 Å². The van der Waals surface area contributed by atoms with Gasteiger partial charge in [0.25, 0.3) is 6.30 Å². The zero-order valence-electron chi connectivity index (χ0n) is 5.25. The van der Waals surface area contributed by atoms with Crippen LogP contribution in [-0.4, -0.2) is 6.08 Å². The van der Waals surface area contributed by atoms with E-state index in [4.69, 9.17) is 4.42 Å². The van der Waals surface area contributed by atoms with Gasteiger partial charge in [0, 0.05) is 0 Å². The van der Waals surface area contributed by atoms with Crippen LogP contribution >= 0.6 is 15.9 Å². The number of furan rings is 1. The van der Waals surface area contributed by atoms with Gasteiger partial charge in [-0.05, 0) is 28.1 Å². The van der Waals surface area contributed by atoms with E-state index in [0.29, 0.717) is 4.67 Å². The lowest BCUT2D eigenvalue weighted by Crippen LogP contribution is -1.81. The Bertz CT molecular complexity index is 293. The van der Waals surface area contributed by atoms with Crippen LogP contribution in [-0.2, 0) is 4.79 Å². The van der Waals surface area contributed by atoms with Crippen LogP contribution in [0.15, 0.2) is 26.2 Å². The summed E-state index contributed by atoms with van der Waals surface area (Å²) in [5, 5.41) is 0. The molecule has 0 fully saturated rings. The molecule has 0 aliphatic carbocycles. The first-order chi connectivity index (χ1) is 5.24. The van der Waals surface area contributed by atoms with Crippen molar-refractivity contribution in [3.05, 3.63) is 22.6 Å². The number of isocyanates is 1. The maximum absolute atomic E-state index is 12.6. The minimum atomic E-state index is -1.75. The summed E-state index contributed by atoms with van der Waals surface area (Å²) in [5.41, 5.74) is 0. The molecule has 1 heterocycles. The lowest BCUT2D eigenvalue weighted by Gasteiger charge is -1.92. The maximum Gasteiger partial charge on any atom is 0.258 e. The second-order valence-electron chi connectivity index (χ2n) is 1.70. The molecule has 0 saturated heterocycles. The van der Waals surface area contributed by atoms with Crippen molar-refractivity contribution in [3.8, 4) is 0 Å². The molecule has 0 amide bonds. The van der Waals surface area contributed by atoms with Crippen molar-refractivity contribution in [1.29, 1.82) is 0 Å². The number of rotatable bonds is 2. The molecule has 1 atom stereocenters. The van der Waals surface area contributed by atoms with Gasteiger partial charge in [0.15, 0.2) is 10.4 Å². The molecule has 1 aromatic heterocycles. The monoisotopic (exact) mass is 219 g/mol. The number of nitrogens with zero attached hydrogens (tertiary/aromatic N) is 1. The second-order valence-corrected chi connectivity index (χ2v) is 2.48. The standard InChI is InChI=1S/C6H3BrFNO2/c7-5-2-1-4(11-5)6(8)9-3-10/h1-2,6H. The van der Waals surface area contributed by atoms with E-state index in [1.54, 1.807) is 0 Å². The zero-order chi connectivity index (χ0) is 8.27. The number of hydrogen-bond donors (Lipinski definition) is 0. The number of hydrogen-bond acceptors (Lipinski definition) is 3. The number of halogens is 2. The van der Waals surface area contributed by atoms with E-state index in [2.05, 4.69) is 20.9 Å². The predicted octanol–water partition coefficient (Wildman–Crippen LogP) is 2.35. The Kier molecular flexibility index (Phi) is 2.57. The van der Waals surface area contributed by atoms with Crippen molar-refractivity contribution in [1.82, 2.24) is 0 Å². The molecule has 0 aromatic carbocycles. The third-order valence-electron chi connectivity index (χ3n) is 0.995. The van der Waals surface area contributed by atoms with Crippen LogP contribution in [0.3, 0.4) is 0 Å². The highest BCUT2D eigenvalue weighted by molar-refractivity contribution is 9.10. The van der Waals surface area contributed by atoms with Crippen molar-refractivity contribution in [2.75, 3.05) is 0 Å². The lowest BCUT2D eigenvalue weighted by molar-refractivity contribution is 0.292. The molecule has 1 aromatic rings. The molecular formula is C6H3BrFNO2. The summed E-state index contributed by atoms with van der Waals surface area (Å²) in [5.74, 6) is -0.0137. The Hall–Kier alpha value is -0.930. The molecule has 0 N–H and O–H groups in total. The Labute approximate surface area is 70.0 Å². The SMILES string of the molecule is O=C=NC(F)c1ccc(Br)o1. The summed E-state index contributed by atoms with van der Waals surface area (Å²) in [6.07, 6.45) is -0.651. The van der Waals surface area contributed by atoms with Gasteiger partial charge in [-0.2, -0.15) is 4.99 Å². The first-order valence-electron chi connectivity index (χ1n) is 2.70. The van der Waals surface area contributed by atoms with Crippen LogP contribution in [0.1, 0.15) is 12.1 Å². The Morgan fingerprint density at radius 2 is 2.45 bits per heavy atom. The summed E-state index contributed by atoms with van der Waals surface area (Å²) in [6.45, 7) is 0. The third kappa shape index (κ3) is 2.00. The van der Waals surface area contributed by atoms with Gasteiger partial charge < -0.3 is 4.42 Å². The number of alkyl halides is 1. The fraction of sp³-hybridized carbons (Fsp3) is 0.167. The number of carbonyl (C=O) groups excluding carboxylic acids is 1. The van der Waals surface area contributed by atoms with E-state index < -0.39 is 6.30 Å². The fourth-order valence-corrected chi connectivity index (χ4v) is 0.885. The molecule has 0 aliphatic rings. The fourth-order valence-electron chi connectivity index (χ4n) is 0.566. The van der Waals surface area contributed by atoms with Crippen molar-refractivity contribution in [2.45, 2.75) is 6.30 Å².